The molecule has 0 aliphatic rings. The summed E-state index contributed by atoms with van der Waals surface area (Å²) < 4.78 is 0. The van der Waals surface area contributed by atoms with Crippen LogP contribution in [0.5, 0.6) is 0 Å². The molecule has 0 N–H and O–H groups in total. The zero-order valence-electron chi connectivity index (χ0n) is 7.05. The molecule has 0 saturated carbocycles. The maximum absolute atomic E-state index is 3.78. The molecule has 0 atom stereocenters. The van der Waals surface area contributed by atoms with Crippen LogP contribution < -0.4 is 0 Å². The number of aromatic nitrogens is 2. The molecular formula is C10H10MnN2+2. The van der Waals surface area contributed by atoms with Gasteiger partial charge in [-0.15, -0.1) is 0 Å². The smallest absolute Gasteiger partial charge is 0.265 e. The molecular weight excluding hydrogens is 203 g/mol. The van der Waals surface area contributed by atoms with E-state index in [1.54, 1.807) is 24.8 Å². The van der Waals surface area contributed by atoms with Crippen LogP contribution in [-0.2, 0) is 17.1 Å². The van der Waals surface area contributed by atoms with Crippen LogP contribution in [-0.4, -0.2) is 9.97 Å². The van der Waals surface area contributed by atoms with E-state index < -0.39 is 0 Å². The van der Waals surface area contributed by atoms with E-state index in [9.17, 15) is 0 Å². The quantitative estimate of drug-likeness (QED) is 0.626. The minimum atomic E-state index is 0. The second-order valence-electron chi connectivity index (χ2n) is 2.05. The van der Waals surface area contributed by atoms with Crippen molar-refractivity contribution in [3.8, 4) is 0 Å². The van der Waals surface area contributed by atoms with Crippen LogP contribution in [0.4, 0.5) is 0 Å². The van der Waals surface area contributed by atoms with Gasteiger partial charge in [-0.1, -0.05) is 12.1 Å². The number of hydrogen-bond donors (Lipinski definition) is 0. The Balaban J connectivity index is 0.000000206. The van der Waals surface area contributed by atoms with Crippen molar-refractivity contribution in [1.82, 2.24) is 9.97 Å². The second-order valence-corrected chi connectivity index (χ2v) is 2.05. The number of hydrogen-bond acceptors (Lipinski definition) is 2. The van der Waals surface area contributed by atoms with E-state index in [-0.39, 0.29) is 17.1 Å². The molecule has 0 bridgehead atoms. The van der Waals surface area contributed by atoms with Crippen LogP contribution in [0.1, 0.15) is 0 Å². The van der Waals surface area contributed by atoms with Crippen LogP contribution in [0.2, 0.25) is 0 Å². The molecule has 0 unspecified atom stereocenters. The molecule has 2 aromatic rings. The average molecular weight is 213 g/mol. The molecule has 2 nitrogen and oxygen atoms in total. The Hall–Kier alpha value is -1.18. The second kappa shape index (κ2) is 8.91. The molecule has 0 spiro atoms. The minimum Gasteiger partial charge on any atom is -0.265 e. The van der Waals surface area contributed by atoms with Crippen molar-refractivity contribution in [1.29, 1.82) is 0 Å². The first-order valence-corrected chi connectivity index (χ1v) is 3.70. The van der Waals surface area contributed by atoms with Crippen molar-refractivity contribution in [2.45, 2.75) is 0 Å². The Bertz CT molecular complexity index is 188. The van der Waals surface area contributed by atoms with E-state index in [2.05, 4.69) is 9.97 Å². The van der Waals surface area contributed by atoms with Gasteiger partial charge in [0.15, 0.2) is 0 Å². The molecule has 0 aliphatic carbocycles. The Kier molecular flexibility index (Phi) is 8.10. The van der Waals surface area contributed by atoms with Gasteiger partial charge in [-0.2, -0.15) is 0 Å². The molecule has 3 heteroatoms. The fourth-order valence-corrected chi connectivity index (χ4v) is 0.625. The summed E-state index contributed by atoms with van der Waals surface area (Å²) >= 11 is 0. The largest absolute Gasteiger partial charge is 2.00 e. The molecule has 0 aromatic carbocycles. The molecule has 2 heterocycles. The van der Waals surface area contributed by atoms with Gasteiger partial charge in [-0.3, -0.25) is 9.97 Å². The SMILES string of the molecule is [Mn+2].c1ccncc1.c1ccncc1. The third kappa shape index (κ3) is 7.19. The van der Waals surface area contributed by atoms with Gasteiger partial charge < -0.3 is 0 Å². The van der Waals surface area contributed by atoms with E-state index in [1.807, 2.05) is 36.4 Å². The van der Waals surface area contributed by atoms with Crippen molar-refractivity contribution in [2.24, 2.45) is 0 Å². The van der Waals surface area contributed by atoms with Crippen molar-refractivity contribution >= 4 is 0 Å². The molecule has 2 rings (SSSR count). The van der Waals surface area contributed by atoms with E-state index in [0.29, 0.717) is 0 Å². The molecule has 65 valence electrons. The normalized spacial score (nSPS) is 7.38. The predicted octanol–water partition coefficient (Wildman–Crippen LogP) is 2.16. The standard InChI is InChI=1S/2C5H5N.Mn/c2*1-2-4-6-5-3-1;/h2*1-5H;/q;;+2. The van der Waals surface area contributed by atoms with E-state index in [1.165, 1.54) is 0 Å². The first-order valence-electron chi connectivity index (χ1n) is 3.70. The Morgan fingerprint density at radius 1 is 0.462 bits per heavy atom. The Morgan fingerprint density at radius 3 is 0.846 bits per heavy atom. The summed E-state index contributed by atoms with van der Waals surface area (Å²) in [4.78, 5) is 7.57. The van der Waals surface area contributed by atoms with Gasteiger partial charge in [0, 0.05) is 24.8 Å². The molecule has 1 radical (unpaired) electrons. The fraction of sp³-hybridized carbons (Fsp3) is 0. The minimum absolute atomic E-state index is 0. The van der Waals surface area contributed by atoms with Crippen molar-refractivity contribution in [3.63, 3.8) is 0 Å². The van der Waals surface area contributed by atoms with Gasteiger partial charge in [0.25, 0.3) is 0 Å². The van der Waals surface area contributed by atoms with Crippen LogP contribution in [0.25, 0.3) is 0 Å². The maximum atomic E-state index is 3.78. The summed E-state index contributed by atoms with van der Waals surface area (Å²) in [5, 5.41) is 0. The number of rotatable bonds is 0. The molecule has 0 aliphatic heterocycles. The van der Waals surface area contributed by atoms with Crippen LogP contribution in [0.3, 0.4) is 0 Å². The van der Waals surface area contributed by atoms with E-state index in [0.717, 1.165) is 0 Å². The molecule has 2 aromatic heterocycles. The topological polar surface area (TPSA) is 25.8 Å². The fourth-order valence-electron chi connectivity index (χ4n) is 0.625. The van der Waals surface area contributed by atoms with Gasteiger partial charge in [-0.25, -0.2) is 0 Å². The van der Waals surface area contributed by atoms with Crippen molar-refractivity contribution < 1.29 is 17.1 Å². The average Bonchev–Trinajstić information content (AvgIpc) is 2.24. The molecule has 0 amide bonds. The molecule has 13 heavy (non-hydrogen) atoms. The third-order valence-electron chi connectivity index (χ3n) is 1.13. The van der Waals surface area contributed by atoms with Gasteiger partial charge in [-0.05, 0) is 24.3 Å². The monoisotopic (exact) mass is 213 g/mol. The maximum Gasteiger partial charge on any atom is 2.00 e. The van der Waals surface area contributed by atoms with Crippen LogP contribution >= 0.6 is 0 Å². The summed E-state index contributed by atoms with van der Waals surface area (Å²) in [7, 11) is 0. The van der Waals surface area contributed by atoms with Gasteiger partial charge in [0.05, 0.1) is 0 Å². The van der Waals surface area contributed by atoms with Crippen LogP contribution in [0, 0.1) is 0 Å². The zero-order valence-corrected chi connectivity index (χ0v) is 8.23. The zero-order chi connectivity index (χ0) is 8.49. The summed E-state index contributed by atoms with van der Waals surface area (Å²) in [5.41, 5.74) is 0. The Labute approximate surface area is 88.5 Å². The third-order valence-corrected chi connectivity index (χ3v) is 1.13. The van der Waals surface area contributed by atoms with Crippen LogP contribution in [0.15, 0.2) is 61.2 Å². The summed E-state index contributed by atoms with van der Waals surface area (Å²) in [6.07, 6.45) is 7.00. The summed E-state index contributed by atoms with van der Waals surface area (Å²) in [5.74, 6) is 0. The number of nitrogens with zero attached hydrogens (tertiary/aromatic N) is 2. The molecule has 0 saturated heterocycles. The van der Waals surface area contributed by atoms with Gasteiger partial charge >= 0.3 is 17.1 Å². The first-order chi connectivity index (χ1) is 6.00. The van der Waals surface area contributed by atoms with Gasteiger partial charge in [0.2, 0.25) is 0 Å². The predicted molar refractivity (Wildman–Crippen MR) is 48.5 cm³/mol. The van der Waals surface area contributed by atoms with Crippen molar-refractivity contribution in [3.05, 3.63) is 61.2 Å². The molecule has 0 fully saturated rings. The van der Waals surface area contributed by atoms with E-state index >= 15 is 0 Å². The number of pyridine rings is 2. The summed E-state index contributed by atoms with van der Waals surface area (Å²) in [6.45, 7) is 0. The Morgan fingerprint density at radius 2 is 0.769 bits per heavy atom. The summed E-state index contributed by atoms with van der Waals surface area (Å²) in [6, 6.07) is 11.4. The van der Waals surface area contributed by atoms with Crippen molar-refractivity contribution in [2.75, 3.05) is 0 Å². The van der Waals surface area contributed by atoms with Gasteiger partial charge in [0.1, 0.15) is 0 Å². The first kappa shape index (κ1) is 11.8. The van der Waals surface area contributed by atoms with E-state index in [4.69, 9.17) is 0 Å².